The standard InChI is InChI=1S/C9H16N4O2S/c1-13-3-2-8(6-13)4-12-16(14,15)9-5-10-7-11-9/h5,7-8,12H,2-4,6H2,1H3,(H,10,11). The SMILES string of the molecule is CN1CCC(CNS(=O)(=O)c2cnc[nH]2)C1. The highest BCUT2D eigenvalue weighted by Gasteiger charge is 2.22. The van der Waals surface area contributed by atoms with E-state index < -0.39 is 10.0 Å². The van der Waals surface area contributed by atoms with Gasteiger partial charge in [0.05, 0.1) is 12.5 Å². The van der Waals surface area contributed by atoms with Crippen LogP contribution in [0, 0.1) is 5.92 Å². The van der Waals surface area contributed by atoms with Crippen molar-refractivity contribution in [1.29, 1.82) is 0 Å². The van der Waals surface area contributed by atoms with Gasteiger partial charge >= 0.3 is 0 Å². The maximum Gasteiger partial charge on any atom is 0.257 e. The Kier molecular flexibility index (Phi) is 3.27. The van der Waals surface area contributed by atoms with Crippen molar-refractivity contribution in [1.82, 2.24) is 19.6 Å². The summed E-state index contributed by atoms with van der Waals surface area (Å²) in [4.78, 5) is 8.49. The highest BCUT2D eigenvalue weighted by Crippen LogP contribution is 2.14. The summed E-state index contributed by atoms with van der Waals surface area (Å²) >= 11 is 0. The fourth-order valence-corrected chi connectivity index (χ4v) is 2.91. The molecule has 2 rings (SSSR count). The van der Waals surface area contributed by atoms with Crippen LogP contribution in [0.3, 0.4) is 0 Å². The molecule has 2 heterocycles. The third-order valence-electron chi connectivity index (χ3n) is 2.81. The predicted octanol–water partition coefficient (Wildman–Crippen LogP) is -0.360. The lowest BCUT2D eigenvalue weighted by Crippen LogP contribution is -2.30. The third-order valence-corrected chi connectivity index (χ3v) is 4.16. The number of imidazole rings is 1. The minimum absolute atomic E-state index is 0.124. The van der Waals surface area contributed by atoms with Crippen LogP contribution in [0.1, 0.15) is 6.42 Å². The quantitative estimate of drug-likeness (QED) is 0.758. The van der Waals surface area contributed by atoms with Gasteiger partial charge < -0.3 is 9.88 Å². The summed E-state index contributed by atoms with van der Waals surface area (Å²) in [5, 5.41) is 0.124. The summed E-state index contributed by atoms with van der Waals surface area (Å²) in [6.07, 6.45) is 3.71. The minimum Gasteiger partial charge on any atom is -0.335 e. The second-order valence-electron chi connectivity index (χ2n) is 4.18. The summed E-state index contributed by atoms with van der Waals surface area (Å²) in [7, 11) is -1.36. The van der Waals surface area contributed by atoms with Crippen LogP contribution in [-0.2, 0) is 10.0 Å². The lowest BCUT2D eigenvalue weighted by molar-refractivity contribution is 0.394. The molecule has 6 nitrogen and oxygen atoms in total. The van der Waals surface area contributed by atoms with Gasteiger partial charge in [0.1, 0.15) is 0 Å². The Morgan fingerprint density at radius 1 is 1.69 bits per heavy atom. The van der Waals surface area contributed by atoms with Crippen LogP contribution in [0.5, 0.6) is 0 Å². The molecule has 1 saturated heterocycles. The van der Waals surface area contributed by atoms with E-state index in [0.717, 1.165) is 19.5 Å². The molecule has 0 amide bonds. The second kappa shape index (κ2) is 4.52. The van der Waals surface area contributed by atoms with E-state index in [1.807, 2.05) is 7.05 Å². The number of hydrogen-bond acceptors (Lipinski definition) is 4. The molecule has 1 aliphatic rings. The Morgan fingerprint density at radius 3 is 3.06 bits per heavy atom. The van der Waals surface area contributed by atoms with Gasteiger partial charge in [-0.15, -0.1) is 0 Å². The van der Waals surface area contributed by atoms with Gasteiger partial charge in [-0.05, 0) is 25.9 Å². The summed E-state index contributed by atoms with van der Waals surface area (Å²) in [6, 6.07) is 0. The number of nitrogens with one attached hydrogen (secondary N) is 2. The minimum atomic E-state index is -3.41. The molecule has 1 fully saturated rings. The predicted molar refractivity (Wildman–Crippen MR) is 59.4 cm³/mol. The van der Waals surface area contributed by atoms with Crippen LogP contribution in [0.25, 0.3) is 0 Å². The van der Waals surface area contributed by atoms with Gasteiger partial charge in [-0.25, -0.2) is 18.1 Å². The molecule has 0 spiro atoms. The monoisotopic (exact) mass is 244 g/mol. The Hall–Kier alpha value is -0.920. The molecule has 0 aromatic carbocycles. The van der Waals surface area contributed by atoms with Gasteiger partial charge in [-0.1, -0.05) is 0 Å². The van der Waals surface area contributed by atoms with Gasteiger partial charge in [0.15, 0.2) is 5.03 Å². The first-order valence-electron chi connectivity index (χ1n) is 5.24. The lowest BCUT2D eigenvalue weighted by atomic mass is 10.1. The molecule has 7 heteroatoms. The summed E-state index contributed by atoms with van der Waals surface area (Å²) in [5.41, 5.74) is 0. The zero-order chi connectivity index (χ0) is 11.6. The van der Waals surface area contributed by atoms with E-state index in [2.05, 4.69) is 19.6 Å². The van der Waals surface area contributed by atoms with Crippen molar-refractivity contribution in [2.75, 3.05) is 26.7 Å². The molecule has 0 aliphatic carbocycles. The molecule has 1 atom stereocenters. The van der Waals surface area contributed by atoms with Crippen molar-refractivity contribution in [2.45, 2.75) is 11.4 Å². The van der Waals surface area contributed by atoms with E-state index in [9.17, 15) is 8.42 Å². The zero-order valence-corrected chi connectivity index (χ0v) is 10.00. The van der Waals surface area contributed by atoms with Crippen LogP contribution in [0.15, 0.2) is 17.6 Å². The fourth-order valence-electron chi connectivity index (χ4n) is 1.89. The summed E-state index contributed by atoms with van der Waals surface area (Å²) in [5.74, 6) is 0.405. The van der Waals surface area contributed by atoms with Crippen LogP contribution in [-0.4, -0.2) is 50.0 Å². The normalized spacial score (nSPS) is 22.7. The maximum absolute atomic E-state index is 11.7. The van der Waals surface area contributed by atoms with Gasteiger partial charge in [-0.3, -0.25) is 0 Å². The number of rotatable bonds is 4. The first kappa shape index (κ1) is 11.6. The Bertz CT molecular complexity index is 428. The van der Waals surface area contributed by atoms with Crippen molar-refractivity contribution in [3.63, 3.8) is 0 Å². The Labute approximate surface area is 95.1 Å². The van der Waals surface area contributed by atoms with Crippen molar-refractivity contribution >= 4 is 10.0 Å². The third kappa shape index (κ3) is 2.60. The molecular formula is C9H16N4O2S. The number of aromatic nitrogens is 2. The van der Waals surface area contributed by atoms with E-state index in [1.165, 1.54) is 12.5 Å². The Morgan fingerprint density at radius 2 is 2.50 bits per heavy atom. The molecule has 1 aromatic heterocycles. The average Bonchev–Trinajstić information content (AvgIpc) is 2.85. The molecule has 0 radical (unpaired) electrons. The number of hydrogen-bond donors (Lipinski definition) is 2. The molecule has 90 valence electrons. The number of nitrogens with zero attached hydrogens (tertiary/aromatic N) is 2. The molecule has 0 saturated carbocycles. The van der Waals surface area contributed by atoms with Crippen LogP contribution < -0.4 is 4.72 Å². The van der Waals surface area contributed by atoms with E-state index in [1.54, 1.807) is 0 Å². The number of sulfonamides is 1. The van der Waals surface area contributed by atoms with Crippen molar-refractivity contribution in [3.8, 4) is 0 Å². The molecule has 0 bridgehead atoms. The van der Waals surface area contributed by atoms with Gasteiger partial charge in [-0.2, -0.15) is 0 Å². The topological polar surface area (TPSA) is 78.1 Å². The summed E-state index contributed by atoms with van der Waals surface area (Å²) in [6.45, 7) is 2.48. The smallest absolute Gasteiger partial charge is 0.257 e. The van der Waals surface area contributed by atoms with Crippen LogP contribution in [0.4, 0.5) is 0 Å². The number of likely N-dealkylation sites (tertiary alicyclic amines) is 1. The number of aromatic amines is 1. The molecule has 2 N–H and O–H groups in total. The highest BCUT2D eigenvalue weighted by molar-refractivity contribution is 7.89. The average molecular weight is 244 g/mol. The van der Waals surface area contributed by atoms with E-state index in [-0.39, 0.29) is 5.03 Å². The van der Waals surface area contributed by atoms with E-state index in [0.29, 0.717) is 12.5 Å². The highest BCUT2D eigenvalue weighted by atomic mass is 32.2. The van der Waals surface area contributed by atoms with Crippen LogP contribution in [0.2, 0.25) is 0 Å². The van der Waals surface area contributed by atoms with Crippen molar-refractivity contribution in [3.05, 3.63) is 12.5 Å². The van der Waals surface area contributed by atoms with Gasteiger partial charge in [0, 0.05) is 13.1 Å². The van der Waals surface area contributed by atoms with E-state index in [4.69, 9.17) is 0 Å². The van der Waals surface area contributed by atoms with E-state index >= 15 is 0 Å². The van der Waals surface area contributed by atoms with Gasteiger partial charge in [0.2, 0.25) is 0 Å². The van der Waals surface area contributed by atoms with Crippen molar-refractivity contribution in [2.24, 2.45) is 5.92 Å². The first-order valence-corrected chi connectivity index (χ1v) is 6.73. The summed E-state index contributed by atoms with van der Waals surface area (Å²) < 4.78 is 26.1. The van der Waals surface area contributed by atoms with Gasteiger partial charge in [0.25, 0.3) is 10.0 Å². The van der Waals surface area contributed by atoms with Crippen molar-refractivity contribution < 1.29 is 8.42 Å². The maximum atomic E-state index is 11.7. The lowest BCUT2D eigenvalue weighted by Gasteiger charge is -2.11. The molecule has 1 unspecified atom stereocenters. The molecular weight excluding hydrogens is 228 g/mol. The Balaban J connectivity index is 1.91. The largest absolute Gasteiger partial charge is 0.335 e. The fraction of sp³-hybridized carbons (Fsp3) is 0.667. The second-order valence-corrected chi connectivity index (χ2v) is 5.92. The molecule has 1 aliphatic heterocycles. The number of H-pyrrole nitrogens is 1. The molecule has 1 aromatic rings. The van der Waals surface area contributed by atoms with Crippen LogP contribution >= 0.6 is 0 Å². The zero-order valence-electron chi connectivity index (χ0n) is 9.18. The molecule has 16 heavy (non-hydrogen) atoms. The first-order chi connectivity index (χ1) is 7.58.